The SMILES string of the molecule is C=Cc1cc(F)c2c(c1)N(Cc1c(C)nn(C)c1C)C(=O)[C@@H](C)O2. The third-order valence-electron chi connectivity index (χ3n) is 4.46. The highest BCUT2D eigenvalue weighted by molar-refractivity contribution is 6.00. The number of benzene rings is 1. The molecule has 0 N–H and O–H groups in total. The van der Waals surface area contributed by atoms with Gasteiger partial charge in [0.1, 0.15) is 0 Å². The molecule has 2 aromatic rings. The van der Waals surface area contributed by atoms with E-state index in [2.05, 4.69) is 11.7 Å². The molecular weight excluding hydrogens is 309 g/mol. The van der Waals surface area contributed by atoms with Crippen molar-refractivity contribution in [2.24, 2.45) is 7.05 Å². The zero-order valence-corrected chi connectivity index (χ0v) is 14.3. The highest BCUT2D eigenvalue weighted by Crippen LogP contribution is 2.39. The lowest BCUT2D eigenvalue weighted by atomic mass is 10.1. The summed E-state index contributed by atoms with van der Waals surface area (Å²) in [5, 5.41) is 4.38. The second kappa shape index (κ2) is 5.78. The van der Waals surface area contributed by atoms with E-state index in [-0.39, 0.29) is 11.7 Å². The maximum atomic E-state index is 14.4. The van der Waals surface area contributed by atoms with Crippen LogP contribution in [0, 0.1) is 19.7 Å². The molecule has 1 aliphatic rings. The van der Waals surface area contributed by atoms with Gasteiger partial charge in [0, 0.05) is 18.3 Å². The predicted molar refractivity (Wildman–Crippen MR) is 90.5 cm³/mol. The molecule has 0 fully saturated rings. The number of aryl methyl sites for hydroxylation is 2. The van der Waals surface area contributed by atoms with Crippen LogP contribution in [0.5, 0.6) is 5.75 Å². The van der Waals surface area contributed by atoms with Gasteiger partial charge in [-0.2, -0.15) is 5.10 Å². The lowest BCUT2D eigenvalue weighted by molar-refractivity contribution is -0.125. The molecule has 1 aromatic carbocycles. The number of rotatable bonds is 3. The van der Waals surface area contributed by atoms with Crippen LogP contribution in [-0.2, 0) is 18.4 Å². The fraction of sp³-hybridized carbons (Fsp3) is 0.333. The first-order valence-corrected chi connectivity index (χ1v) is 7.76. The molecule has 0 spiro atoms. The van der Waals surface area contributed by atoms with Gasteiger partial charge in [-0.1, -0.05) is 12.7 Å². The summed E-state index contributed by atoms with van der Waals surface area (Å²) in [5.74, 6) is -0.593. The van der Waals surface area contributed by atoms with E-state index in [0.29, 0.717) is 17.8 Å². The Balaban J connectivity index is 2.12. The average molecular weight is 329 g/mol. The van der Waals surface area contributed by atoms with Crippen molar-refractivity contribution < 1.29 is 13.9 Å². The van der Waals surface area contributed by atoms with Crippen LogP contribution in [0.2, 0.25) is 0 Å². The molecule has 3 rings (SSSR count). The number of anilines is 1. The van der Waals surface area contributed by atoms with E-state index in [0.717, 1.165) is 17.0 Å². The molecule has 5 nitrogen and oxygen atoms in total. The van der Waals surface area contributed by atoms with Gasteiger partial charge >= 0.3 is 0 Å². The van der Waals surface area contributed by atoms with Gasteiger partial charge in [0.2, 0.25) is 0 Å². The van der Waals surface area contributed by atoms with Crippen molar-refractivity contribution in [3.63, 3.8) is 0 Å². The monoisotopic (exact) mass is 329 g/mol. The maximum Gasteiger partial charge on any atom is 0.268 e. The van der Waals surface area contributed by atoms with Crippen LogP contribution in [0.25, 0.3) is 6.08 Å². The number of aromatic nitrogens is 2. The topological polar surface area (TPSA) is 47.4 Å². The summed E-state index contributed by atoms with van der Waals surface area (Å²) in [6.07, 6.45) is 0.809. The lowest BCUT2D eigenvalue weighted by Crippen LogP contribution is -2.44. The number of halogens is 1. The van der Waals surface area contributed by atoms with Gasteiger partial charge in [-0.25, -0.2) is 4.39 Å². The zero-order valence-electron chi connectivity index (χ0n) is 14.3. The highest BCUT2D eigenvalue weighted by Gasteiger charge is 2.34. The van der Waals surface area contributed by atoms with Crippen LogP contribution in [0.15, 0.2) is 18.7 Å². The first-order valence-electron chi connectivity index (χ1n) is 7.76. The van der Waals surface area contributed by atoms with Gasteiger partial charge in [0.05, 0.1) is 17.9 Å². The Hall–Kier alpha value is -2.63. The first-order chi connectivity index (χ1) is 11.3. The van der Waals surface area contributed by atoms with Crippen molar-refractivity contribution >= 4 is 17.7 Å². The molecule has 126 valence electrons. The summed E-state index contributed by atoms with van der Waals surface area (Å²) in [5.41, 5.74) is 3.80. The molecule has 1 amide bonds. The number of carbonyl (C=O) groups excluding carboxylic acids is 1. The molecule has 0 unspecified atom stereocenters. The minimum Gasteiger partial charge on any atom is -0.476 e. The summed E-state index contributed by atoms with van der Waals surface area (Å²) in [6, 6.07) is 3.07. The molecular formula is C18H20FN3O2. The van der Waals surface area contributed by atoms with E-state index in [1.165, 1.54) is 6.07 Å². The zero-order chi connectivity index (χ0) is 17.6. The van der Waals surface area contributed by atoms with Crippen LogP contribution in [0.3, 0.4) is 0 Å². The van der Waals surface area contributed by atoms with E-state index >= 15 is 0 Å². The predicted octanol–water partition coefficient (Wildman–Crippen LogP) is 3.13. The Morgan fingerprint density at radius 3 is 2.71 bits per heavy atom. The van der Waals surface area contributed by atoms with Gasteiger partial charge < -0.3 is 9.64 Å². The normalized spacial score (nSPS) is 16.8. The van der Waals surface area contributed by atoms with Crippen LogP contribution in [-0.4, -0.2) is 21.8 Å². The maximum absolute atomic E-state index is 14.4. The van der Waals surface area contributed by atoms with Gasteiger partial charge in [-0.15, -0.1) is 0 Å². The third-order valence-corrected chi connectivity index (χ3v) is 4.46. The molecule has 0 bridgehead atoms. The minimum atomic E-state index is -0.737. The Kier molecular flexibility index (Phi) is 3.91. The van der Waals surface area contributed by atoms with E-state index in [1.807, 2.05) is 20.9 Å². The number of hydrogen-bond acceptors (Lipinski definition) is 3. The van der Waals surface area contributed by atoms with Crippen LogP contribution < -0.4 is 9.64 Å². The first kappa shape index (κ1) is 16.2. The Labute approximate surface area is 140 Å². The summed E-state index contributed by atoms with van der Waals surface area (Å²) in [4.78, 5) is 14.2. The Bertz CT molecular complexity index is 841. The van der Waals surface area contributed by atoms with Crippen molar-refractivity contribution in [1.82, 2.24) is 9.78 Å². The number of fused-ring (bicyclic) bond motifs is 1. The second-order valence-corrected chi connectivity index (χ2v) is 6.01. The second-order valence-electron chi connectivity index (χ2n) is 6.01. The fourth-order valence-electron chi connectivity index (χ4n) is 2.97. The van der Waals surface area contributed by atoms with Gasteiger partial charge in [0.25, 0.3) is 5.91 Å². The Morgan fingerprint density at radius 2 is 2.12 bits per heavy atom. The van der Waals surface area contributed by atoms with E-state index in [1.54, 1.807) is 28.6 Å². The molecule has 1 atom stereocenters. The third kappa shape index (κ3) is 2.48. The summed E-state index contributed by atoms with van der Waals surface area (Å²) < 4.78 is 21.6. The van der Waals surface area contributed by atoms with Crippen molar-refractivity contribution in [2.75, 3.05) is 4.90 Å². The van der Waals surface area contributed by atoms with Crippen LogP contribution >= 0.6 is 0 Å². The van der Waals surface area contributed by atoms with E-state index in [4.69, 9.17) is 4.74 Å². The largest absolute Gasteiger partial charge is 0.476 e. The van der Waals surface area contributed by atoms with Crippen molar-refractivity contribution in [3.05, 3.63) is 47.0 Å². The standard InChI is InChI=1S/C18H20FN3O2/c1-6-13-7-15(19)17-16(8-13)22(18(23)12(4)24-17)9-14-10(2)20-21(5)11(14)3/h6-8,12H,1,9H2,2-5H3/t12-/m1/s1. The van der Waals surface area contributed by atoms with Gasteiger partial charge in [-0.3, -0.25) is 9.48 Å². The molecule has 1 aromatic heterocycles. The van der Waals surface area contributed by atoms with E-state index < -0.39 is 11.9 Å². The molecule has 24 heavy (non-hydrogen) atoms. The minimum absolute atomic E-state index is 0.104. The van der Waals surface area contributed by atoms with Crippen LogP contribution in [0.4, 0.5) is 10.1 Å². The Morgan fingerprint density at radius 1 is 1.42 bits per heavy atom. The number of carbonyl (C=O) groups is 1. The van der Waals surface area contributed by atoms with Gasteiger partial charge in [-0.05, 0) is 38.5 Å². The smallest absolute Gasteiger partial charge is 0.268 e. The summed E-state index contributed by atoms with van der Waals surface area (Å²) in [6.45, 7) is 9.47. The number of amides is 1. The number of ether oxygens (including phenoxy) is 1. The quantitative estimate of drug-likeness (QED) is 0.869. The highest BCUT2D eigenvalue weighted by atomic mass is 19.1. The van der Waals surface area contributed by atoms with E-state index in [9.17, 15) is 9.18 Å². The summed E-state index contributed by atoms with van der Waals surface area (Å²) in [7, 11) is 1.86. The average Bonchev–Trinajstić information content (AvgIpc) is 2.78. The molecule has 0 saturated heterocycles. The summed E-state index contributed by atoms with van der Waals surface area (Å²) >= 11 is 0. The van der Waals surface area contributed by atoms with Crippen LogP contribution in [0.1, 0.15) is 29.4 Å². The molecule has 0 saturated carbocycles. The molecule has 2 heterocycles. The van der Waals surface area contributed by atoms with Crippen molar-refractivity contribution in [3.8, 4) is 5.75 Å². The lowest BCUT2D eigenvalue weighted by Gasteiger charge is -2.33. The fourth-order valence-corrected chi connectivity index (χ4v) is 2.97. The van der Waals surface area contributed by atoms with Crippen molar-refractivity contribution in [2.45, 2.75) is 33.4 Å². The van der Waals surface area contributed by atoms with Crippen molar-refractivity contribution in [1.29, 1.82) is 0 Å². The van der Waals surface area contributed by atoms with Gasteiger partial charge in [0.15, 0.2) is 17.7 Å². The molecule has 6 heteroatoms. The molecule has 0 radical (unpaired) electrons. The number of hydrogen-bond donors (Lipinski definition) is 0. The number of nitrogens with zero attached hydrogens (tertiary/aromatic N) is 3. The molecule has 1 aliphatic heterocycles. The molecule has 0 aliphatic carbocycles.